The van der Waals surface area contributed by atoms with E-state index in [9.17, 15) is 9.59 Å². The molecule has 0 aromatic carbocycles. The molecule has 5 heteroatoms. The third-order valence-electron chi connectivity index (χ3n) is 3.89. The molecule has 1 heterocycles. The maximum absolute atomic E-state index is 12.1. The number of hydrogen-bond donors (Lipinski definition) is 2. The Morgan fingerprint density at radius 3 is 2.53 bits per heavy atom. The summed E-state index contributed by atoms with van der Waals surface area (Å²) in [4.78, 5) is 25.7. The third-order valence-corrected chi connectivity index (χ3v) is 3.89. The van der Waals surface area contributed by atoms with Gasteiger partial charge < -0.3 is 15.5 Å². The van der Waals surface area contributed by atoms with Gasteiger partial charge in [0.15, 0.2) is 0 Å². The van der Waals surface area contributed by atoms with Crippen LogP contribution in [0.15, 0.2) is 0 Å². The van der Waals surface area contributed by atoms with Gasteiger partial charge in [-0.3, -0.25) is 9.59 Å². The Labute approximate surface area is 116 Å². The second kappa shape index (κ2) is 7.48. The van der Waals surface area contributed by atoms with Gasteiger partial charge in [-0.05, 0) is 40.2 Å². The number of carbonyl (C=O) groups is 2. The molecule has 2 N–H and O–H groups in total. The summed E-state index contributed by atoms with van der Waals surface area (Å²) >= 11 is 0. The predicted molar refractivity (Wildman–Crippen MR) is 75.8 cm³/mol. The van der Waals surface area contributed by atoms with Crippen LogP contribution in [0.5, 0.6) is 0 Å². The quantitative estimate of drug-likeness (QED) is 0.748. The second-order valence-corrected chi connectivity index (χ2v) is 5.41. The highest BCUT2D eigenvalue weighted by Crippen LogP contribution is 2.25. The Kier molecular flexibility index (Phi) is 6.28. The van der Waals surface area contributed by atoms with Crippen LogP contribution in [0.3, 0.4) is 0 Å². The molecule has 5 nitrogen and oxygen atoms in total. The lowest BCUT2D eigenvalue weighted by Gasteiger charge is -2.32. The molecule has 2 amide bonds. The molecule has 0 radical (unpaired) electrons. The van der Waals surface area contributed by atoms with Gasteiger partial charge in [-0.1, -0.05) is 0 Å². The lowest BCUT2D eigenvalue weighted by atomic mass is 9.82. The molecule has 0 aliphatic carbocycles. The summed E-state index contributed by atoms with van der Waals surface area (Å²) in [6.07, 6.45) is 2.33. The number of nitrogens with zero attached hydrogens (tertiary/aromatic N) is 1. The molecular formula is C14H27N3O2. The van der Waals surface area contributed by atoms with Crippen molar-refractivity contribution in [1.29, 1.82) is 0 Å². The fourth-order valence-electron chi connectivity index (χ4n) is 2.48. The van der Waals surface area contributed by atoms with E-state index in [-0.39, 0.29) is 17.2 Å². The van der Waals surface area contributed by atoms with Gasteiger partial charge in [0, 0.05) is 32.6 Å². The van der Waals surface area contributed by atoms with Crippen LogP contribution in [-0.4, -0.2) is 49.4 Å². The molecule has 0 spiro atoms. The first-order valence-corrected chi connectivity index (χ1v) is 7.30. The van der Waals surface area contributed by atoms with Gasteiger partial charge >= 0.3 is 0 Å². The predicted octanol–water partition coefficient (Wildman–Crippen LogP) is 0.751. The van der Waals surface area contributed by atoms with E-state index in [2.05, 4.69) is 10.6 Å². The number of hydrogen-bond acceptors (Lipinski definition) is 3. The molecule has 1 atom stereocenters. The fourth-order valence-corrected chi connectivity index (χ4v) is 2.48. The Hall–Kier alpha value is -1.10. The van der Waals surface area contributed by atoms with E-state index in [1.165, 1.54) is 0 Å². The molecule has 1 aliphatic heterocycles. The molecule has 0 bridgehead atoms. The van der Waals surface area contributed by atoms with E-state index >= 15 is 0 Å². The van der Waals surface area contributed by atoms with Gasteiger partial charge in [0.05, 0.1) is 5.41 Å². The van der Waals surface area contributed by atoms with Gasteiger partial charge in [-0.25, -0.2) is 0 Å². The zero-order chi connectivity index (χ0) is 14.3. The van der Waals surface area contributed by atoms with Crippen molar-refractivity contribution in [3.05, 3.63) is 0 Å². The van der Waals surface area contributed by atoms with Gasteiger partial charge in [0.2, 0.25) is 11.8 Å². The van der Waals surface area contributed by atoms with Crippen LogP contribution in [0.1, 0.15) is 40.0 Å². The van der Waals surface area contributed by atoms with Crippen LogP contribution in [-0.2, 0) is 9.59 Å². The highest BCUT2D eigenvalue weighted by Gasteiger charge is 2.34. The first-order valence-electron chi connectivity index (χ1n) is 7.30. The smallest absolute Gasteiger partial charge is 0.227 e. The van der Waals surface area contributed by atoms with Gasteiger partial charge in [-0.2, -0.15) is 0 Å². The fraction of sp³-hybridized carbons (Fsp3) is 0.857. The van der Waals surface area contributed by atoms with Crippen molar-refractivity contribution >= 4 is 11.8 Å². The molecule has 1 aliphatic rings. The number of nitrogens with one attached hydrogen (secondary N) is 2. The largest absolute Gasteiger partial charge is 0.355 e. The molecule has 1 rings (SSSR count). The Morgan fingerprint density at radius 1 is 1.32 bits per heavy atom. The molecule has 0 aromatic heterocycles. The zero-order valence-corrected chi connectivity index (χ0v) is 12.4. The van der Waals surface area contributed by atoms with Crippen molar-refractivity contribution < 1.29 is 9.59 Å². The van der Waals surface area contributed by atoms with E-state index in [1.54, 1.807) is 4.90 Å². The molecule has 1 unspecified atom stereocenters. The Morgan fingerprint density at radius 2 is 2.00 bits per heavy atom. The zero-order valence-electron chi connectivity index (χ0n) is 12.4. The van der Waals surface area contributed by atoms with Crippen LogP contribution >= 0.6 is 0 Å². The summed E-state index contributed by atoms with van der Waals surface area (Å²) in [7, 11) is 0. The van der Waals surface area contributed by atoms with Crippen LogP contribution in [0.2, 0.25) is 0 Å². The summed E-state index contributed by atoms with van der Waals surface area (Å²) < 4.78 is 0. The van der Waals surface area contributed by atoms with Crippen molar-refractivity contribution in [2.24, 2.45) is 5.41 Å². The number of carbonyl (C=O) groups excluding carboxylic acids is 2. The highest BCUT2D eigenvalue weighted by atomic mass is 16.2. The molecule has 19 heavy (non-hydrogen) atoms. The number of rotatable bonds is 6. The molecule has 110 valence electrons. The highest BCUT2D eigenvalue weighted by molar-refractivity contribution is 5.83. The first-order chi connectivity index (χ1) is 9.03. The summed E-state index contributed by atoms with van der Waals surface area (Å²) in [5.41, 5.74) is -0.323. The third kappa shape index (κ3) is 4.49. The van der Waals surface area contributed by atoms with Gasteiger partial charge in [-0.15, -0.1) is 0 Å². The summed E-state index contributed by atoms with van der Waals surface area (Å²) in [5, 5.41) is 6.16. The van der Waals surface area contributed by atoms with E-state index in [1.807, 2.05) is 20.8 Å². The lowest BCUT2D eigenvalue weighted by molar-refractivity contribution is -0.132. The van der Waals surface area contributed by atoms with Crippen molar-refractivity contribution in [1.82, 2.24) is 15.5 Å². The Bertz CT molecular complexity index is 308. The second-order valence-electron chi connectivity index (χ2n) is 5.41. The minimum absolute atomic E-state index is 0.0621. The van der Waals surface area contributed by atoms with Crippen molar-refractivity contribution in [3.63, 3.8) is 0 Å². The minimum Gasteiger partial charge on any atom is -0.355 e. The molecule has 0 saturated carbocycles. The SMILES string of the molecule is CCN(CC)C(=O)CCNC(=O)C1(C)CCCNC1. The summed E-state index contributed by atoms with van der Waals surface area (Å²) in [6, 6.07) is 0. The topological polar surface area (TPSA) is 61.4 Å². The van der Waals surface area contributed by atoms with E-state index in [4.69, 9.17) is 0 Å². The van der Waals surface area contributed by atoms with Crippen LogP contribution in [0.25, 0.3) is 0 Å². The average molecular weight is 269 g/mol. The molecular weight excluding hydrogens is 242 g/mol. The molecule has 1 fully saturated rings. The normalized spacial score (nSPS) is 22.9. The van der Waals surface area contributed by atoms with Crippen molar-refractivity contribution in [2.45, 2.75) is 40.0 Å². The van der Waals surface area contributed by atoms with Gasteiger partial charge in [0.25, 0.3) is 0 Å². The monoisotopic (exact) mass is 269 g/mol. The standard InChI is InChI=1S/C14H27N3O2/c1-4-17(5-2)12(18)7-10-16-13(19)14(3)8-6-9-15-11-14/h15H,4-11H2,1-3H3,(H,16,19). The number of piperidine rings is 1. The first kappa shape index (κ1) is 16.0. The minimum atomic E-state index is -0.323. The summed E-state index contributed by atoms with van der Waals surface area (Å²) in [5.74, 6) is 0.171. The van der Waals surface area contributed by atoms with Crippen molar-refractivity contribution in [2.75, 3.05) is 32.7 Å². The summed E-state index contributed by atoms with van der Waals surface area (Å²) in [6.45, 7) is 9.52. The Balaban J connectivity index is 2.32. The van der Waals surface area contributed by atoms with E-state index < -0.39 is 0 Å². The van der Waals surface area contributed by atoms with Crippen molar-refractivity contribution in [3.8, 4) is 0 Å². The van der Waals surface area contributed by atoms with Crippen LogP contribution in [0, 0.1) is 5.41 Å². The average Bonchev–Trinajstić information content (AvgIpc) is 2.41. The maximum Gasteiger partial charge on any atom is 0.227 e. The van der Waals surface area contributed by atoms with E-state index in [0.717, 1.165) is 39.0 Å². The van der Waals surface area contributed by atoms with Crippen LogP contribution < -0.4 is 10.6 Å². The molecule has 0 aromatic rings. The number of amides is 2. The van der Waals surface area contributed by atoms with E-state index in [0.29, 0.717) is 13.0 Å². The lowest BCUT2D eigenvalue weighted by Crippen LogP contribution is -2.49. The molecule has 1 saturated heterocycles. The maximum atomic E-state index is 12.1. The van der Waals surface area contributed by atoms with Gasteiger partial charge in [0.1, 0.15) is 0 Å². The van der Waals surface area contributed by atoms with Crippen LogP contribution in [0.4, 0.5) is 0 Å².